The first kappa shape index (κ1) is 32.0. The number of hydrogen-bond donors (Lipinski definition) is 7. The molecule has 3 aliphatic heterocycles. The lowest BCUT2D eigenvalue weighted by Crippen LogP contribution is -2.61. The van der Waals surface area contributed by atoms with Crippen molar-refractivity contribution in [3.05, 3.63) is 64.2 Å². The minimum absolute atomic E-state index is 0.0309. The number of ether oxygens (including phenoxy) is 5. The number of rotatable bonds is 9. The van der Waals surface area contributed by atoms with Gasteiger partial charge in [0.2, 0.25) is 0 Å². The standard InChI is InChI=1S/C29H35ClO13/c30-18-6-3-14(10-15(18)9-13-1-4-16(5-2-13)41-17-7-8-39-11-17)26-23(34)21(32)20(31)19(42-26)12-40-29-25(36)22(33)24(35)27(43-29)28(37)38/h1-6,10,17,19-27,29,31-36H,7-9,11-12H2,(H,37,38)/t17-,19+,20+,21-,22-,23+,24-,25+,26-,27-,29+/m0/s1. The summed E-state index contributed by atoms with van der Waals surface area (Å²) in [6.45, 7) is 0.716. The number of halogens is 1. The van der Waals surface area contributed by atoms with Gasteiger partial charge in [-0.05, 0) is 41.3 Å². The molecule has 0 aromatic heterocycles. The van der Waals surface area contributed by atoms with E-state index in [1.807, 2.05) is 24.3 Å². The number of carbonyl (C=O) groups is 1. The summed E-state index contributed by atoms with van der Waals surface area (Å²) in [4.78, 5) is 11.4. The largest absolute Gasteiger partial charge is 0.488 e. The molecule has 236 valence electrons. The van der Waals surface area contributed by atoms with E-state index in [1.165, 1.54) is 0 Å². The Hall–Kier alpha value is -2.40. The van der Waals surface area contributed by atoms with Crippen molar-refractivity contribution >= 4 is 17.6 Å². The number of aliphatic hydroxyl groups excluding tert-OH is 6. The van der Waals surface area contributed by atoms with Crippen molar-refractivity contribution in [2.24, 2.45) is 0 Å². The van der Waals surface area contributed by atoms with Gasteiger partial charge in [0.25, 0.3) is 0 Å². The van der Waals surface area contributed by atoms with Gasteiger partial charge in [-0.3, -0.25) is 0 Å². The molecule has 0 bridgehead atoms. The second-order valence-electron chi connectivity index (χ2n) is 10.9. The van der Waals surface area contributed by atoms with Crippen LogP contribution in [0, 0.1) is 0 Å². The smallest absolute Gasteiger partial charge is 0.335 e. The van der Waals surface area contributed by atoms with Crippen LogP contribution in [0.15, 0.2) is 42.5 Å². The lowest BCUT2D eigenvalue weighted by atomic mass is 9.90. The van der Waals surface area contributed by atoms with Gasteiger partial charge in [-0.1, -0.05) is 35.9 Å². The second-order valence-corrected chi connectivity index (χ2v) is 11.3. The van der Waals surface area contributed by atoms with Crippen molar-refractivity contribution in [2.75, 3.05) is 19.8 Å². The highest BCUT2D eigenvalue weighted by atomic mass is 35.5. The molecule has 0 radical (unpaired) electrons. The molecule has 0 unspecified atom stereocenters. The van der Waals surface area contributed by atoms with Crippen LogP contribution < -0.4 is 4.74 Å². The van der Waals surface area contributed by atoms with E-state index in [2.05, 4.69) is 0 Å². The number of hydrogen-bond acceptors (Lipinski definition) is 12. The van der Waals surface area contributed by atoms with Crippen molar-refractivity contribution in [3.8, 4) is 5.75 Å². The van der Waals surface area contributed by atoms with Crippen molar-refractivity contribution < 1.29 is 64.2 Å². The van der Waals surface area contributed by atoms with Crippen LogP contribution in [0.1, 0.15) is 29.2 Å². The van der Waals surface area contributed by atoms with E-state index in [1.54, 1.807) is 18.2 Å². The van der Waals surface area contributed by atoms with Crippen LogP contribution in [0.2, 0.25) is 5.02 Å². The first-order chi connectivity index (χ1) is 20.5. The molecule has 0 amide bonds. The summed E-state index contributed by atoms with van der Waals surface area (Å²) >= 11 is 6.48. The number of carboxylic acid groups (broad SMARTS) is 1. The van der Waals surface area contributed by atoms with Gasteiger partial charge in [0.15, 0.2) is 12.4 Å². The van der Waals surface area contributed by atoms with Gasteiger partial charge < -0.3 is 59.4 Å². The molecule has 0 aliphatic carbocycles. The predicted molar refractivity (Wildman–Crippen MR) is 146 cm³/mol. The van der Waals surface area contributed by atoms with E-state index in [0.29, 0.717) is 35.8 Å². The quantitative estimate of drug-likeness (QED) is 0.188. The zero-order valence-corrected chi connectivity index (χ0v) is 23.6. The number of aliphatic carboxylic acids is 1. The molecule has 11 atom stereocenters. The average Bonchev–Trinajstić information content (AvgIpc) is 3.50. The molecule has 0 saturated carbocycles. The molecule has 3 aliphatic rings. The van der Waals surface area contributed by atoms with Gasteiger partial charge in [0.1, 0.15) is 60.7 Å². The van der Waals surface area contributed by atoms with Crippen molar-refractivity contribution in [1.82, 2.24) is 0 Å². The summed E-state index contributed by atoms with van der Waals surface area (Å²) in [5.41, 5.74) is 2.12. The fourth-order valence-corrected chi connectivity index (χ4v) is 5.54. The SMILES string of the molecule is O=C(O)[C@H]1O[C@@H](OC[C@H]2O[C@@H](c3ccc(Cl)c(Cc4ccc(O[C@H]5CCOC5)cc4)c3)[C@H](O)[C@@H](O)[C@@H]2O)[C@H](O)[C@@H](O)[C@@H]1O. The third-order valence-corrected chi connectivity index (χ3v) is 8.23. The monoisotopic (exact) mass is 626 g/mol. The highest BCUT2D eigenvalue weighted by Crippen LogP contribution is 2.35. The summed E-state index contributed by atoms with van der Waals surface area (Å²) in [7, 11) is 0. The molecule has 43 heavy (non-hydrogen) atoms. The number of aliphatic hydroxyl groups is 6. The van der Waals surface area contributed by atoms with E-state index in [9.17, 15) is 40.5 Å². The number of benzene rings is 2. The molecule has 14 heteroatoms. The van der Waals surface area contributed by atoms with E-state index in [4.69, 9.17) is 35.3 Å². The third kappa shape index (κ3) is 7.13. The molecule has 5 rings (SSSR count). The Labute approximate surface area is 251 Å². The Morgan fingerprint density at radius 3 is 2.28 bits per heavy atom. The topological polar surface area (TPSA) is 205 Å². The van der Waals surface area contributed by atoms with Crippen LogP contribution in [0.3, 0.4) is 0 Å². The van der Waals surface area contributed by atoms with Gasteiger partial charge >= 0.3 is 5.97 Å². The average molecular weight is 627 g/mol. The Balaban J connectivity index is 1.26. The molecule has 2 aromatic rings. The van der Waals surface area contributed by atoms with Gasteiger partial charge in [0, 0.05) is 11.4 Å². The fraction of sp³-hybridized carbons (Fsp3) is 0.552. The maximum absolute atomic E-state index is 11.4. The maximum atomic E-state index is 11.4. The van der Waals surface area contributed by atoms with E-state index >= 15 is 0 Å². The van der Waals surface area contributed by atoms with Crippen LogP contribution >= 0.6 is 11.6 Å². The zero-order valence-electron chi connectivity index (χ0n) is 22.9. The van der Waals surface area contributed by atoms with Crippen LogP contribution in [0.25, 0.3) is 0 Å². The first-order valence-corrected chi connectivity index (χ1v) is 14.3. The Morgan fingerprint density at radius 2 is 1.60 bits per heavy atom. The van der Waals surface area contributed by atoms with Crippen LogP contribution in [0.4, 0.5) is 0 Å². The van der Waals surface area contributed by atoms with Crippen molar-refractivity contribution in [3.63, 3.8) is 0 Å². The summed E-state index contributed by atoms with van der Waals surface area (Å²) in [6.07, 6.45) is -15.0. The summed E-state index contributed by atoms with van der Waals surface area (Å²) < 4.78 is 27.7. The minimum Gasteiger partial charge on any atom is -0.488 e. The first-order valence-electron chi connectivity index (χ1n) is 13.9. The molecule has 0 spiro atoms. The van der Waals surface area contributed by atoms with Gasteiger partial charge in [-0.2, -0.15) is 0 Å². The third-order valence-electron chi connectivity index (χ3n) is 7.86. The lowest BCUT2D eigenvalue weighted by molar-refractivity contribution is -0.308. The molecule has 13 nitrogen and oxygen atoms in total. The van der Waals surface area contributed by atoms with E-state index in [0.717, 1.165) is 17.7 Å². The van der Waals surface area contributed by atoms with Crippen molar-refractivity contribution in [1.29, 1.82) is 0 Å². The minimum atomic E-state index is -1.90. The normalized spacial score (nSPS) is 36.4. The molecular formula is C29H35ClO13. The highest BCUT2D eigenvalue weighted by Gasteiger charge is 2.49. The van der Waals surface area contributed by atoms with Gasteiger partial charge in [-0.15, -0.1) is 0 Å². The van der Waals surface area contributed by atoms with Crippen molar-refractivity contribution in [2.45, 2.75) is 80.2 Å². The molecule has 3 heterocycles. The Morgan fingerprint density at radius 1 is 0.884 bits per heavy atom. The predicted octanol–water partition coefficient (Wildman–Crippen LogP) is -0.470. The van der Waals surface area contributed by atoms with Crippen LogP contribution in [-0.4, -0.2) is 123 Å². The molecule has 7 N–H and O–H groups in total. The van der Waals surface area contributed by atoms with E-state index in [-0.39, 0.29) is 6.10 Å². The Bertz CT molecular complexity index is 1240. The van der Waals surface area contributed by atoms with E-state index < -0.39 is 73.8 Å². The van der Waals surface area contributed by atoms with Gasteiger partial charge in [0.05, 0.1) is 19.8 Å². The van der Waals surface area contributed by atoms with Crippen LogP contribution in [-0.2, 0) is 30.2 Å². The molecule has 3 saturated heterocycles. The maximum Gasteiger partial charge on any atom is 0.335 e. The highest BCUT2D eigenvalue weighted by molar-refractivity contribution is 6.31. The second kappa shape index (κ2) is 13.7. The Kier molecular flexibility index (Phi) is 10.2. The summed E-state index contributed by atoms with van der Waals surface area (Å²) in [6, 6.07) is 12.5. The van der Waals surface area contributed by atoms with Gasteiger partial charge in [-0.25, -0.2) is 4.79 Å². The van der Waals surface area contributed by atoms with Crippen LogP contribution in [0.5, 0.6) is 5.75 Å². The zero-order chi connectivity index (χ0) is 30.8. The molecule has 3 fully saturated rings. The summed E-state index contributed by atoms with van der Waals surface area (Å²) in [5.74, 6) is -0.851. The molecule has 2 aromatic carbocycles. The lowest BCUT2D eigenvalue weighted by Gasteiger charge is -2.42. The molecular weight excluding hydrogens is 592 g/mol. The summed E-state index contributed by atoms with van der Waals surface area (Å²) in [5, 5.41) is 71.7. The fourth-order valence-electron chi connectivity index (χ4n) is 5.35. The number of carboxylic acids is 1.